The van der Waals surface area contributed by atoms with Crippen LogP contribution in [0.4, 0.5) is 18.9 Å². The van der Waals surface area contributed by atoms with Crippen LogP contribution < -0.4 is 15.7 Å². The van der Waals surface area contributed by atoms with E-state index in [9.17, 15) is 18.4 Å². The zero-order valence-corrected chi connectivity index (χ0v) is 20.6. The second-order valence-electron chi connectivity index (χ2n) is 9.79. The third-order valence-corrected chi connectivity index (χ3v) is 7.32. The second kappa shape index (κ2) is 10.4. The molecule has 37 heavy (non-hydrogen) atoms. The molecule has 196 valence electrons. The minimum Gasteiger partial charge on any atom is -0.490 e. The smallest absolute Gasteiger partial charge is 0.350 e. The number of anilines is 1. The highest BCUT2D eigenvalue weighted by atomic mass is 19.1. The highest BCUT2D eigenvalue weighted by molar-refractivity contribution is 6.06. The Morgan fingerprint density at radius 2 is 1.78 bits per heavy atom. The van der Waals surface area contributed by atoms with Gasteiger partial charge in [0.1, 0.15) is 40.4 Å². The van der Waals surface area contributed by atoms with E-state index in [1.165, 1.54) is 16.7 Å². The lowest BCUT2D eigenvalue weighted by Crippen LogP contribution is -2.28. The molecule has 0 saturated heterocycles. The molecule has 0 unspecified atom stereocenters. The van der Waals surface area contributed by atoms with E-state index in [0.717, 1.165) is 67.8 Å². The van der Waals surface area contributed by atoms with Crippen molar-refractivity contribution in [1.29, 1.82) is 0 Å². The molecule has 0 bridgehead atoms. The summed E-state index contributed by atoms with van der Waals surface area (Å²) in [4.78, 5) is 26.1. The maximum absolute atomic E-state index is 15.4. The summed E-state index contributed by atoms with van der Waals surface area (Å²) >= 11 is 0. The van der Waals surface area contributed by atoms with Crippen molar-refractivity contribution < 1.29 is 22.7 Å². The van der Waals surface area contributed by atoms with Gasteiger partial charge in [0.25, 0.3) is 5.91 Å². The molecule has 2 aliphatic rings. The summed E-state index contributed by atoms with van der Waals surface area (Å²) in [7, 11) is 0. The molecule has 1 fully saturated rings. The van der Waals surface area contributed by atoms with Crippen molar-refractivity contribution in [2.24, 2.45) is 5.92 Å². The molecule has 1 aromatic heterocycles. The van der Waals surface area contributed by atoms with Gasteiger partial charge in [-0.2, -0.15) is 4.68 Å². The number of nitrogens with one attached hydrogen (secondary N) is 1. The first-order valence-corrected chi connectivity index (χ1v) is 12.8. The summed E-state index contributed by atoms with van der Waals surface area (Å²) in [5.74, 6) is -2.90. The summed E-state index contributed by atoms with van der Waals surface area (Å²) in [6, 6.07) is 5.41. The molecule has 5 rings (SSSR count). The zero-order valence-electron chi connectivity index (χ0n) is 20.6. The van der Waals surface area contributed by atoms with E-state index >= 15 is 4.39 Å². The van der Waals surface area contributed by atoms with E-state index in [0.29, 0.717) is 18.8 Å². The minimum absolute atomic E-state index is 0.0154. The van der Waals surface area contributed by atoms with Gasteiger partial charge in [-0.05, 0) is 56.7 Å². The van der Waals surface area contributed by atoms with E-state index in [2.05, 4.69) is 10.4 Å². The van der Waals surface area contributed by atoms with Gasteiger partial charge in [-0.15, -0.1) is 5.10 Å². The predicted octanol–water partition coefficient (Wildman–Crippen LogP) is 5.39. The van der Waals surface area contributed by atoms with Crippen molar-refractivity contribution in [3.63, 3.8) is 0 Å². The van der Waals surface area contributed by atoms with Crippen molar-refractivity contribution in [2.45, 2.75) is 70.9 Å². The summed E-state index contributed by atoms with van der Waals surface area (Å²) < 4.78 is 52.5. The van der Waals surface area contributed by atoms with Crippen LogP contribution >= 0.6 is 0 Å². The molecule has 1 saturated carbocycles. The number of carbonyl (C=O) groups excluding carboxylic acids is 1. The van der Waals surface area contributed by atoms with Crippen LogP contribution in [0.2, 0.25) is 0 Å². The van der Waals surface area contributed by atoms with E-state index < -0.39 is 34.7 Å². The molecule has 1 atom stereocenters. The lowest BCUT2D eigenvalue weighted by molar-refractivity contribution is 0.0996. The third-order valence-electron chi connectivity index (χ3n) is 7.32. The second-order valence-corrected chi connectivity index (χ2v) is 9.79. The molecule has 1 N–H and O–H groups in total. The average Bonchev–Trinajstić information content (AvgIpc) is 3.23. The zero-order chi connectivity index (χ0) is 26.1. The Bertz CT molecular complexity index is 1360. The van der Waals surface area contributed by atoms with E-state index in [1.807, 2.05) is 6.92 Å². The molecule has 1 aliphatic carbocycles. The van der Waals surface area contributed by atoms with Gasteiger partial charge in [-0.3, -0.25) is 9.36 Å². The fourth-order valence-electron chi connectivity index (χ4n) is 5.23. The number of carbonyl (C=O) groups is 1. The van der Waals surface area contributed by atoms with Crippen LogP contribution in [0.15, 0.2) is 35.1 Å². The first-order valence-electron chi connectivity index (χ1n) is 12.8. The fraction of sp³-hybridized carbons (Fsp3) is 0.444. The predicted molar refractivity (Wildman–Crippen MR) is 132 cm³/mol. The van der Waals surface area contributed by atoms with Gasteiger partial charge >= 0.3 is 5.69 Å². The highest BCUT2D eigenvalue weighted by Crippen LogP contribution is 2.33. The van der Waals surface area contributed by atoms with Crippen molar-refractivity contribution in [2.75, 3.05) is 5.32 Å². The van der Waals surface area contributed by atoms with Crippen LogP contribution in [0.3, 0.4) is 0 Å². The number of aryl methyl sites for hydroxylation is 1. The van der Waals surface area contributed by atoms with Gasteiger partial charge in [0.15, 0.2) is 0 Å². The van der Waals surface area contributed by atoms with E-state index in [1.54, 1.807) is 0 Å². The highest BCUT2D eigenvalue weighted by Gasteiger charge is 2.27. The lowest BCUT2D eigenvalue weighted by atomic mass is 9.86. The Morgan fingerprint density at radius 3 is 2.49 bits per heavy atom. The molecule has 1 aliphatic heterocycles. The Labute approximate surface area is 212 Å². The van der Waals surface area contributed by atoms with E-state index in [-0.39, 0.29) is 29.0 Å². The van der Waals surface area contributed by atoms with Gasteiger partial charge in [0.05, 0.1) is 11.7 Å². The van der Waals surface area contributed by atoms with E-state index in [4.69, 9.17) is 4.74 Å². The average molecular weight is 515 g/mol. The number of halogens is 3. The van der Waals surface area contributed by atoms with Crippen LogP contribution in [0, 0.1) is 23.4 Å². The molecular weight excluding hydrogens is 485 g/mol. The quantitative estimate of drug-likeness (QED) is 0.479. The van der Waals surface area contributed by atoms with Gasteiger partial charge in [0.2, 0.25) is 0 Å². The van der Waals surface area contributed by atoms with Crippen molar-refractivity contribution in [3.05, 3.63) is 69.7 Å². The molecule has 1 amide bonds. The van der Waals surface area contributed by atoms with Gasteiger partial charge in [-0.1, -0.05) is 25.3 Å². The van der Waals surface area contributed by atoms with Crippen LogP contribution in [-0.4, -0.2) is 26.4 Å². The fourth-order valence-corrected chi connectivity index (χ4v) is 5.23. The molecule has 10 heteroatoms. The number of amides is 1. The first-order chi connectivity index (χ1) is 17.8. The topological polar surface area (TPSA) is 78.2 Å². The Morgan fingerprint density at radius 1 is 1.05 bits per heavy atom. The Hall–Kier alpha value is -3.56. The number of nitrogens with zero attached hydrogens (tertiary/aromatic N) is 3. The van der Waals surface area contributed by atoms with Crippen LogP contribution in [0.1, 0.15) is 68.1 Å². The van der Waals surface area contributed by atoms with Crippen LogP contribution in [0.25, 0.3) is 5.69 Å². The summed E-state index contributed by atoms with van der Waals surface area (Å²) in [6.07, 6.45) is 7.25. The Balaban J connectivity index is 1.55. The molecule has 7 nitrogen and oxygen atoms in total. The first kappa shape index (κ1) is 25.1. The van der Waals surface area contributed by atoms with Gasteiger partial charge < -0.3 is 10.1 Å². The maximum Gasteiger partial charge on any atom is 0.350 e. The molecule has 2 heterocycles. The summed E-state index contributed by atoms with van der Waals surface area (Å²) in [5, 5.41) is 6.53. The van der Waals surface area contributed by atoms with Crippen molar-refractivity contribution in [3.8, 4) is 11.4 Å². The number of fused-ring (bicyclic) bond motifs is 1. The number of hydrogen-bond donors (Lipinski definition) is 1. The van der Waals surface area contributed by atoms with Crippen molar-refractivity contribution >= 4 is 11.6 Å². The SMILES string of the molecule is C[C@H](Oc1cc(-n2nc3n(c2=O)CCCC3)c(F)cc1C(=O)Nc1c(F)cccc1F)C1CCCCC1. The molecule has 2 aromatic carbocycles. The molecule has 0 radical (unpaired) electrons. The normalized spacial score (nSPS) is 16.8. The lowest BCUT2D eigenvalue weighted by Gasteiger charge is -2.29. The number of hydrogen-bond acceptors (Lipinski definition) is 4. The minimum atomic E-state index is -0.960. The molecule has 0 spiro atoms. The number of benzene rings is 2. The number of ether oxygens (including phenoxy) is 1. The van der Waals surface area contributed by atoms with Crippen LogP contribution in [0.5, 0.6) is 5.75 Å². The largest absolute Gasteiger partial charge is 0.490 e. The number of para-hydroxylation sites is 1. The monoisotopic (exact) mass is 514 g/mol. The summed E-state index contributed by atoms with van der Waals surface area (Å²) in [5.41, 5.74) is -1.48. The molecular formula is C27H29F3N4O3. The van der Waals surface area contributed by atoms with Gasteiger partial charge in [0, 0.05) is 19.0 Å². The molecule has 3 aromatic rings. The number of aromatic nitrogens is 3. The summed E-state index contributed by atoms with van der Waals surface area (Å²) in [6.45, 7) is 2.39. The maximum atomic E-state index is 15.4. The standard InChI is InChI=1S/C27H29F3N4O3/c1-16(17-8-3-2-4-9-17)37-23-15-22(34-27(36)33-13-6-5-12-24(33)32-34)21(30)14-18(23)26(35)31-25-19(28)10-7-11-20(25)29/h7,10-11,14-17H,2-6,8-9,12-13H2,1H3,(H,31,35)/t16-/m0/s1. The van der Waals surface area contributed by atoms with Gasteiger partial charge in [-0.25, -0.2) is 18.0 Å². The Kier molecular flexibility index (Phi) is 7.08. The van der Waals surface area contributed by atoms with Crippen LogP contribution in [-0.2, 0) is 13.0 Å². The van der Waals surface area contributed by atoms with Crippen molar-refractivity contribution in [1.82, 2.24) is 14.3 Å². The third kappa shape index (κ3) is 5.01. The number of rotatable bonds is 6.